The average molecular weight is 448 g/mol. The van der Waals surface area contributed by atoms with Crippen LogP contribution in [-0.2, 0) is 9.59 Å². The van der Waals surface area contributed by atoms with E-state index in [1.807, 2.05) is 12.1 Å². The predicted octanol–water partition coefficient (Wildman–Crippen LogP) is 1.86. The highest BCUT2D eigenvalue weighted by Gasteiger charge is 2.27. The number of para-hydroxylation sites is 2. The van der Waals surface area contributed by atoms with Crippen LogP contribution in [0.3, 0.4) is 0 Å². The van der Waals surface area contributed by atoms with Crippen LogP contribution >= 0.6 is 15.9 Å². The second kappa shape index (κ2) is 9.23. The summed E-state index contributed by atoms with van der Waals surface area (Å²) < 4.78 is 17.1. The van der Waals surface area contributed by atoms with E-state index in [1.54, 1.807) is 37.4 Å². The minimum absolute atomic E-state index is 0.0747. The maximum Gasteiger partial charge on any atom is 0.265 e. The van der Waals surface area contributed by atoms with Gasteiger partial charge in [-0.05, 0) is 30.3 Å². The maximum atomic E-state index is 12.2. The van der Waals surface area contributed by atoms with Crippen molar-refractivity contribution in [2.75, 3.05) is 20.3 Å². The number of carbonyl (C=O) groups excluding carboxylic acids is 2. The van der Waals surface area contributed by atoms with Gasteiger partial charge in [0.15, 0.2) is 11.5 Å². The summed E-state index contributed by atoms with van der Waals surface area (Å²) in [5.41, 5.74) is 3.04. The van der Waals surface area contributed by atoms with E-state index in [0.29, 0.717) is 22.8 Å². The molecule has 8 nitrogen and oxygen atoms in total. The molecule has 0 radical (unpaired) electrons. The molecule has 28 heavy (non-hydrogen) atoms. The van der Waals surface area contributed by atoms with Gasteiger partial charge in [-0.1, -0.05) is 28.1 Å². The largest absolute Gasteiger partial charge is 0.496 e. The summed E-state index contributed by atoms with van der Waals surface area (Å²) in [5.74, 6) is 0.773. The number of halogens is 1. The fourth-order valence-electron chi connectivity index (χ4n) is 2.45. The van der Waals surface area contributed by atoms with Crippen molar-refractivity contribution in [3.63, 3.8) is 0 Å². The number of hydrazone groups is 1. The van der Waals surface area contributed by atoms with Crippen molar-refractivity contribution >= 4 is 34.0 Å². The van der Waals surface area contributed by atoms with Crippen LogP contribution < -0.4 is 25.0 Å². The van der Waals surface area contributed by atoms with Crippen LogP contribution in [0.4, 0.5) is 0 Å². The molecule has 2 amide bonds. The lowest BCUT2D eigenvalue weighted by Crippen LogP contribution is -2.46. The Morgan fingerprint density at radius 2 is 2.07 bits per heavy atom. The van der Waals surface area contributed by atoms with Crippen molar-refractivity contribution in [2.45, 2.75) is 6.10 Å². The van der Waals surface area contributed by atoms with Gasteiger partial charge in [-0.25, -0.2) is 5.43 Å². The number of hydrogen-bond acceptors (Lipinski definition) is 6. The minimum Gasteiger partial charge on any atom is -0.496 e. The molecule has 2 N–H and O–H groups in total. The third kappa shape index (κ3) is 5.01. The lowest BCUT2D eigenvalue weighted by Gasteiger charge is -2.25. The number of amides is 2. The van der Waals surface area contributed by atoms with Crippen molar-refractivity contribution in [1.82, 2.24) is 10.7 Å². The van der Waals surface area contributed by atoms with Gasteiger partial charge >= 0.3 is 0 Å². The van der Waals surface area contributed by atoms with E-state index >= 15 is 0 Å². The van der Waals surface area contributed by atoms with Crippen molar-refractivity contribution in [1.29, 1.82) is 0 Å². The first-order valence-electron chi connectivity index (χ1n) is 8.38. The van der Waals surface area contributed by atoms with Crippen LogP contribution in [0.25, 0.3) is 0 Å². The van der Waals surface area contributed by atoms with Crippen LogP contribution in [0, 0.1) is 0 Å². The van der Waals surface area contributed by atoms with Gasteiger partial charge in [-0.2, -0.15) is 5.10 Å². The second-order valence-corrected chi connectivity index (χ2v) is 6.68. The van der Waals surface area contributed by atoms with Crippen molar-refractivity contribution in [3.05, 3.63) is 52.5 Å². The third-order valence-corrected chi connectivity index (χ3v) is 4.30. The number of ether oxygens (including phenoxy) is 3. The van der Waals surface area contributed by atoms with E-state index in [2.05, 4.69) is 31.8 Å². The Labute approximate surface area is 170 Å². The zero-order valence-electron chi connectivity index (χ0n) is 15.0. The monoisotopic (exact) mass is 447 g/mol. The van der Waals surface area contributed by atoms with E-state index in [9.17, 15) is 9.59 Å². The molecule has 0 aromatic heterocycles. The zero-order chi connectivity index (χ0) is 19.9. The van der Waals surface area contributed by atoms with Gasteiger partial charge < -0.3 is 19.5 Å². The van der Waals surface area contributed by atoms with E-state index in [-0.39, 0.29) is 13.2 Å². The number of benzene rings is 2. The summed E-state index contributed by atoms with van der Waals surface area (Å²) in [6.07, 6.45) is 0.635. The molecule has 2 aromatic rings. The van der Waals surface area contributed by atoms with Gasteiger partial charge in [-0.15, -0.1) is 0 Å². The van der Waals surface area contributed by atoms with Gasteiger partial charge in [0.05, 0.1) is 19.9 Å². The molecular formula is C19H18BrN3O5. The number of nitrogens with one attached hydrogen (secondary N) is 2. The lowest BCUT2D eigenvalue weighted by molar-refractivity contribution is -0.132. The van der Waals surface area contributed by atoms with Crippen molar-refractivity contribution in [3.8, 4) is 17.2 Å². The molecule has 1 atom stereocenters. The normalized spacial score (nSPS) is 15.1. The first-order chi connectivity index (χ1) is 13.6. The SMILES string of the molecule is COc1ccc(Br)cc1/C=N\NC(=O)CNC(=O)[C@H]1COc2ccccc2O1. The number of nitrogens with zero attached hydrogens (tertiary/aromatic N) is 1. The molecule has 2 aromatic carbocycles. The molecular weight excluding hydrogens is 430 g/mol. The number of rotatable bonds is 6. The highest BCUT2D eigenvalue weighted by Crippen LogP contribution is 2.30. The van der Waals surface area contributed by atoms with Gasteiger partial charge in [0.2, 0.25) is 6.10 Å². The molecule has 3 rings (SSSR count). The fraction of sp³-hybridized carbons (Fsp3) is 0.211. The molecule has 1 aliphatic heterocycles. The number of hydrogen-bond donors (Lipinski definition) is 2. The minimum atomic E-state index is -0.822. The molecule has 0 saturated carbocycles. The molecule has 1 heterocycles. The van der Waals surface area contributed by atoms with Gasteiger partial charge in [0.25, 0.3) is 11.8 Å². The van der Waals surface area contributed by atoms with Crippen LogP contribution in [0.15, 0.2) is 52.0 Å². The standard InChI is InChI=1S/C19H18BrN3O5/c1-26-14-7-6-13(20)8-12(14)9-22-23-18(24)10-21-19(25)17-11-27-15-4-2-3-5-16(15)28-17/h2-9,17H,10-11H2,1H3,(H,21,25)(H,23,24)/b22-9-/t17-/m1/s1. The lowest BCUT2D eigenvalue weighted by atomic mass is 10.2. The summed E-state index contributed by atoms with van der Waals surface area (Å²) in [5, 5.41) is 6.38. The number of carbonyl (C=O) groups is 2. The first kappa shape index (κ1) is 19.7. The Bertz CT molecular complexity index is 903. The molecule has 0 spiro atoms. The van der Waals surface area contributed by atoms with Crippen LogP contribution in [0.2, 0.25) is 0 Å². The topological polar surface area (TPSA) is 98.2 Å². The summed E-state index contributed by atoms with van der Waals surface area (Å²) >= 11 is 3.36. The Hall–Kier alpha value is -3.07. The van der Waals surface area contributed by atoms with Crippen LogP contribution in [0.1, 0.15) is 5.56 Å². The Morgan fingerprint density at radius 1 is 1.29 bits per heavy atom. The average Bonchev–Trinajstić information content (AvgIpc) is 2.72. The highest BCUT2D eigenvalue weighted by atomic mass is 79.9. The molecule has 0 saturated heterocycles. The molecule has 0 aliphatic carbocycles. The Morgan fingerprint density at radius 3 is 2.86 bits per heavy atom. The molecule has 0 unspecified atom stereocenters. The third-order valence-electron chi connectivity index (χ3n) is 3.81. The van der Waals surface area contributed by atoms with Gasteiger partial charge in [0, 0.05) is 10.0 Å². The van der Waals surface area contributed by atoms with Crippen LogP contribution in [-0.4, -0.2) is 44.4 Å². The van der Waals surface area contributed by atoms with E-state index < -0.39 is 17.9 Å². The number of fused-ring (bicyclic) bond motifs is 1. The van der Waals surface area contributed by atoms with Crippen LogP contribution in [0.5, 0.6) is 17.2 Å². The summed E-state index contributed by atoms with van der Waals surface area (Å²) in [7, 11) is 1.55. The highest BCUT2D eigenvalue weighted by molar-refractivity contribution is 9.10. The first-order valence-corrected chi connectivity index (χ1v) is 9.18. The van der Waals surface area contributed by atoms with Crippen molar-refractivity contribution < 1.29 is 23.8 Å². The zero-order valence-corrected chi connectivity index (χ0v) is 16.6. The van der Waals surface area contributed by atoms with Gasteiger partial charge in [0.1, 0.15) is 12.4 Å². The number of methoxy groups -OCH3 is 1. The molecule has 1 aliphatic rings. The summed E-state index contributed by atoms with van der Waals surface area (Å²) in [6, 6.07) is 12.5. The van der Waals surface area contributed by atoms with Gasteiger partial charge in [-0.3, -0.25) is 9.59 Å². The smallest absolute Gasteiger partial charge is 0.265 e. The van der Waals surface area contributed by atoms with E-state index in [1.165, 1.54) is 6.21 Å². The van der Waals surface area contributed by atoms with Crippen molar-refractivity contribution in [2.24, 2.45) is 5.10 Å². The summed E-state index contributed by atoms with van der Waals surface area (Å²) in [6.45, 7) is -0.168. The molecule has 146 valence electrons. The van der Waals surface area contributed by atoms with E-state index in [4.69, 9.17) is 14.2 Å². The Kier molecular flexibility index (Phi) is 6.49. The maximum absolute atomic E-state index is 12.2. The van der Waals surface area contributed by atoms with E-state index in [0.717, 1.165) is 4.47 Å². The Balaban J connectivity index is 1.47. The second-order valence-electron chi connectivity index (χ2n) is 5.76. The fourth-order valence-corrected chi connectivity index (χ4v) is 2.83. The quantitative estimate of drug-likeness (QED) is 0.520. The molecule has 0 bridgehead atoms. The molecule has 0 fully saturated rings. The summed E-state index contributed by atoms with van der Waals surface area (Å²) in [4.78, 5) is 24.1. The molecule has 9 heteroatoms. The predicted molar refractivity (Wildman–Crippen MR) is 106 cm³/mol.